The number of aliphatic carboxylic acids is 1. The van der Waals surface area contributed by atoms with Crippen LogP contribution in [0.5, 0.6) is 0 Å². The van der Waals surface area contributed by atoms with E-state index in [9.17, 15) is 4.79 Å². The van der Waals surface area contributed by atoms with Crippen LogP contribution in [0.3, 0.4) is 0 Å². The number of aromatic nitrogens is 2. The highest BCUT2D eigenvalue weighted by Crippen LogP contribution is 2.16. The minimum Gasteiger partial charge on any atom is -0.481 e. The lowest BCUT2D eigenvalue weighted by molar-refractivity contribution is -0.137. The van der Waals surface area contributed by atoms with E-state index >= 15 is 0 Å². The zero-order valence-electron chi connectivity index (χ0n) is 7.23. The van der Waals surface area contributed by atoms with Crippen LogP contribution < -0.4 is 5.73 Å². The standard InChI is InChI=1S/C7H11N3O3/c1-4-7(9-10-13-4)5(8)2-3-6(11)12/h5H,2-3,8H2,1H3,(H,11,12). The number of hydrogen-bond donors (Lipinski definition) is 2. The Hall–Kier alpha value is -1.43. The average molecular weight is 185 g/mol. The molecule has 0 saturated heterocycles. The molecule has 0 bridgehead atoms. The highest BCUT2D eigenvalue weighted by atomic mass is 16.5. The fourth-order valence-corrected chi connectivity index (χ4v) is 0.994. The highest BCUT2D eigenvalue weighted by Gasteiger charge is 2.15. The molecule has 0 aliphatic carbocycles. The monoisotopic (exact) mass is 185 g/mol. The van der Waals surface area contributed by atoms with Crippen LogP contribution in [-0.2, 0) is 4.79 Å². The summed E-state index contributed by atoms with van der Waals surface area (Å²) in [5.74, 6) is -0.331. The number of carboxylic acids is 1. The minimum atomic E-state index is -0.871. The smallest absolute Gasteiger partial charge is 0.303 e. The van der Waals surface area contributed by atoms with E-state index in [1.807, 2.05) is 0 Å². The van der Waals surface area contributed by atoms with Crippen molar-refractivity contribution < 1.29 is 14.4 Å². The van der Waals surface area contributed by atoms with Crippen molar-refractivity contribution in [3.63, 3.8) is 0 Å². The van der Waals surface area contributed by atoms with Crippen molar-refractivity contribution in [2.75, 3.05) is 0 Å². The van der Waals surface area contributed by atoms with E-state index in [1.54, 1.807) is 6.92 Å². The first-order chi connectivity index (χ1) is 6.11. The van der Waals surface area contributed by atoms with Crippen LogP contribution in [0, 0.1) is 6.92 Å². The SMILES string of the molecule is Cc1onnc1C(N)CCC(=O)O. The van der Waals surface area contributed by atoms with Crippen molar-refractivity contribution in [1.29, 1.82) is 0 Å². The van der Waals surface area contributed by atoms with Crippen molar-refractivity contribution in [3.05, 3.63) is 11.5 Å². The van der Waals surface area contributed by atoms with Gasteiger partial charge in [0.25, 0.3) is 0 Å². The first-order valence-corrected chi connectivity index (χ1v) is 3.87. The molecule has 1 heterocycles. The molecule has 0 aliphatic rings. The predicted molar refractivity (Wildman–Crippen MR) is 42.8 cm³/mol. The normalized spacial score (nSPS) is 12.8. The quantitative estimate of drug-likeness (QED) is 0.696. The van der Waals surface area contributed by atoms with E-state index in [2.05, 4.69) is 10.4 Å². The first kappa shape index (κ1) is 9.66. The van der Waals surface area contributed by atoms with Gasteiger partial charge in [0.2, 0.25) is 0 Å². The van der Waals surface area contributed by atoms with E-state index in [4.69, 9.17) is 15.4 Å². The summed E-state index contributed by atoms with van der Waals surface area (Å²) in [4.78, 5) is 10.2. The van der Waals surface area contributed by atoms with Gasteiger partial charge in [0, 0.05) is 11.7 Å². The zero-order valence-corrected chi connectivity index (χ0v) is 7.23. The Morgan fingerprint density at radius 3 is 2.92 bits per heavy atom. The lowest BCUT2D eigenvalue weighted by Crippen LogP contribution is -2.13. The summed E-state index contributed by atoms with van der Waals surface area (Å²) in [6.07, 6.45) is 0.359. The van der Waals surface area contributed by atoms with Crippen molar-refractivity contribution in [1.82, 2.24) is 10.4 Å². The van der Waals surface area contributed by atoms with Crippen LogP contribution in [0.4, 0.5) is 0 Å². The highest BCUT2D eigenvalue weighted by molar-refractivity contribution is 5.66. The van der Waals surface area contributed by atoms with Crippen LogP contribution in [0.2, 0.25) is 0 Å². The number of nitrogens with two attached hydrogens (primary N) is 1. The molecule has 6 heteroatoms. The van der Waals surface area contributed by atoms with E-state index < -0.39 is 12.0 Å². The predicted octanol–water partition coefficient (Wildman–Crippen LogP) is 0.243. The molecule has 0 amide bonds. The van der Waals surface area contributed by atoms with Gasteiger partial charge in [-0.3, -0.25) is 4.79 Å². The van der Waals surface area contributed by atoms with Gasteiger partial charge in [-0.05, 0) is 13.3 Å². The van der Waals surface area contributed by atoms with Gasteiger partial charge >= 0.3 is 5.97 Å². The van der Waals surface area contributed by atoms with E-state index in [1.165, 1.54) is 0 Å². The maximum absolute atomic E-state index is 10.2. The van der Waals surface area contributed by atoms with Crippen LogP contribution in [0.25, 0.3) is 0 Å². The van der Waals surface area contributed by atoms with Gasteiger partial charge in [-0.25, -0.2) is 0 Å². The summed E-state index contributed by atoms with van der Waals surface area (Å²) >= 11 is 0. The maximum Gasteiger partial charge on any atom is 0.303 e. The molecule has 1 rings (SSSR count). The van der Waals surface area contributed by atoms with E-state index in [0.29, 0.717) is 17.9 Å². The average Bonchev–Trinajstić information content (AvgIpc) is 2.47. The van der Waals surface area contributed by atoms with Crippen LogP contribution in [0.1, 0.15) is 30.3 Å². The largest absolute Gasteiger partial charge is 0.481 e. The number of carboxylic acid groups (broad SMARTS) is 1. The lowest BCUT2D eigenvalue weighted by Gasteiger charge is -2.05. The fraction of sp³-hybridized carbons (Fsp3) is 0.571. The van der Waals surface area contributed by atoms with Crippen molar-refractivity contribution in [2.24, 2.45) is 5.73 Å². The van der Waals surface area contributed by atoms with Crippen molar-refractivity contribution in [3.8, 4) is 0 Å². The first-order valence-electron chi connectivity index (χ1n) is 3.87. The molecule has 0 aliphatic heterocycles. The number of nitrogens with zero attached hydrogens (tertiary/aromatic N) is 2. The molecule has 0 saturated carbocycles. The summed E-state index contributed by atoms with van der Waals surface area (Å²) in [5.41, 5.74) is 6.19. The lowest BCUT2D eigenvalue weighted by atomic mass is 10.1. The van der Waals surface area contributed by atoms with E-state index in [-0.39, 0.29) is 6.42 Å². The number of rotatable bonds is 4. The van der Waals surface area contributed by atoms with Gasteiger partial charge in [-0.1, -0.05) is 0 Å². The summed E-state index contributed by atoms with van der Waals surface area (Å²) in [7, 11) is 0. The second-order valence-corrected chi connectivity index (χ2v) is 2.75. The van der Waals surface area contributed by atoms with Gasteiger partial charge in [0.05, 0.1) is 6.04 Å². The molecule has 0 radical (unpaired) electrons. The second kappa shape index (κ2) is 3.99. The fourth-order valence-electron chi connectivity index (χ4n) is 0.994. The van der Waals surface area contributed by atoms with Gasteiger partial charge in [0.15, 0.2) is 5.76 Å². The molecule has 3 N–H and O–H groups in total. The second-order valence-electron chi connectivity index (χ2n) is 2.75. The van der Waals surface area contributed by atoms with Crippen molar-refractivity contribution >= 4 is 5.97 Å². The molecule has 13 heavy (non-hydrogen) atoms. The van der Waals surface area contributed by atoms with Crippen LogP contribution in [-0.4, -0.2) is 21.4 Å². The molecule has 1 unspecified atom stereocenters. The molecular weight excluding hydrogens is 174 g/mol. The summed E-state index contributed by atoms with van der Waals surface area (Å²) in [6.45, 7) is 1.69. The molecule has 0 aromatic carbocycles. The topological polar surface area (TPSA) is 102 Å². The van der Waals surface area contributed by atoms with Gasteiger partial charge in [-0.15, -0.1) is 5.10 Å². The Kier molecular flexibility index (Phi) is 2.97. The number of carbonyl (C=O) groups is 1. The van der Waals surface area contributed by atoms with Gasteiger partial charge in [0.1, 0.15) is 5.69 Å². The van der Waals surface area contributed by atoms with Gasteiger partial charge < -0.3 is 15.4 Å². The number of hydrogen-bond acceptors (Lipinski definition) is 5. The van der Waals surface area contributed by atoms with Gasteiger partial charge in [-0.2, -0.15) is 0 Å². The molecule has 0 fully saturated rings. The third-order valence-electron chi connectivity index (χ3n) is 1.71. The maximum atomic E-state index is 10.2. The molecular formula is C7H11N3O3. The van der Waals surface area contributed by atoms with Crippen LogP contribution >= 0.6 is 0 Å². The van der Waals surface area contributed by atoms with E-state index in [0.717, 1.165) is 0 Å². The Balaban J connectivity index is 2.53. The van der Waals surface area contributed by atoms with Crippen molar-refractivity contribution in [2.45, 2.75) is 25.8 Å². The molecule has 0 spiro atoms. The Labute approximate surface area is 74.7 Å². The van der Waals surface area contributed by atoms with Crippen LogP contribution in [0.15, 0.2) is 4.52 Å². The Bertz CT molecular complexity index is 297. The summed E-state index contributed by atoms with van der Waals surface area (Å²) in [5, 5.41) is 15.4. The Morgan fingerprint density at radius 1 is 1.77 bits per heavy atom. The molecule has 72 valence electrons. The Morgan fingerprint density at radius 2 is 2.46 bits per heavy atom. The number of aryl methyl sites for hydroxylation is 1. The summed E-state index contributed by atoms with van der Waals surface area (Å²) in [6, 6.07) is -0.414. The molecule has 1 aromatic rings. The molecule has 1 atom stereocenters. The minimum absolute atomic E-state index is 0.0213. The molecule has 1 aromatic heterocycles. The third kappa shape index (κ3) is 2.51. The third-order valence-corrected chi connectivity index (χ3v) is 1.71. The summed E-state index contributed by atoms with van der Waals surface area (Å²) < 4.78 is 4.70. The zero-order chi connectivity index (χ0) is 9.84. The molecule has 6 nitrogen and oxygen atoms in total.